The predicted molar refractivity (Wildman–Crippen MR) is 34.1 cm³/mol. The highest BCUT2D eigenvalue weighted by Crippen LogP contribution is 2.04. The number of carbonyl (C=O) groups is 1. The molecular formula is C7H8O2. The van der Waals surface area contributed by atoms with Crippen LogP contribution in [-0.4, -0.2) is 10.9 Å². The first-order valence-electron chi connectivity index (χ1n) is 2.86. The molecule has 0 aliphatic heterocycles. The molecule has 0 heterocycles. The van der Waals surface area contributed by atoms with Crippen LogP contribution in [0.5, 0.6) is 0 Å². The first-order chi connectivity index (χ1) is 4.29. The highest BCUT2D eigenvalue weighted by molar-refractivity contribution is 5.91. The highest BCUT2D eigenvalue weighted by atomic mass is 16.3. The zero-order valence-corrected chi connectivity index (χ0v) is 5.00. The van der Waals surface area contributed by atoms with Gasteiger partial charge in [-0.1, -0.05) is 6.08 Å². The van der Waals surface area contributed by atoms with E-state index in [0.717, 1.165) is 0 Å². The topological polar surface area (TPSA) is 37.3 Å². The second-order valence-electron chi connectivity index (χ2n) is 1.98. The third-order valence-corrected chi connectivity index (χ3v) is 1.15. The van der Waals surface area contributed by atoms with E-state index >= 15 is 0 Å². The minimum atomic E-state index is -0.0266. The number of hydrogen-bond donors (Lipinski definition) is 1. The number of rotatable bonds is 0. The molecule has 9 heavy (non-hydrogen) atoms. The molecule has 0 spiro atoms. The van der Waals surface area contributed by atoms with Crippen LogP contribution < -0.4 is 0 Å². The van der Waals surface area contributed by atoms with Gasteiger partial charge in [0.05, 0.1) is 12.2 Å². The number of ketones is 1. The Morgan fingerprint density at radius 3 is 3.11 bits per heavy atom. The van der Waals surface area contributed by atoms with Gasteiger partial charge in [0.2, 0.25) is 0 Å². The van der Waals surface area contributed by atoms with Gasteiger partial charge in [-0.15, -0.1) is 0 Å². The second kappa shape index (κ2) is 2.49. The molecule has 0 bridgehead atoms. The Morgan fingerprint density at radius 2 is 2.33 bits per heavy atom. The molecule has 0 unspecified atom stereocenters. The van der Waals surface area contributed by atoms with E-state index in [1.165, 1.54) is 6.08 Å². The fourth-order valence-corrected chi connectivity index (χ4v) is 0.713. The van der Waals surface area contributed by atoms with Crippen molar-refractivity contribution in [2.24, 2.45) is 0 Å². The molecule has 48 valence electrons. The van der Waals surface area contributed by atoms with Crippen LogP contribution in [0.1, 0.15) is 12.8 Å². The molecule has 0 fully saturated rings. The maximum atomic E-state index is 10.6. The molecule has 0 aromatic rings. The Morgan fingerprint density at radius 1 is 1.56 bits per heavy atom. The number of aliphatic hydroxyl groups is 1. The van der Waals surface area contributed by atoms with Crippen LogP contribution in [0.2, 0.25) is 0 Å². The van der Waals surface area contributed by atoms with Crippen LogP contribution in [0.15, 0.2) is 24.0 Å². The standard InChI is InChI=1S/C7H8O2/c8-6-3-1-2-4-7(9)5-6/h1,3-4,9H,2,5H2. The van der Waals surface area contributed by atoms with Gasteiger partial charge in [0.25, 0.3) is 0 Å². The van der Waals surface area contributed by atoms with E-state index in [1.807, 2.05) is 0 Å². The molecule has 0 saturated carbocycles. The summed E-state index contributed by atoms with van der Waals surface area (Å²) in [5.74, 6) is 0.159. The van der Waals surface area contributed by atoms with Gasteiger partial charge < -0.3 is 5.11 Å². The SMILES string of the molecule is O=C1C=CCC=C(O)C1. The largest absolute Gasteiger partial charge is 0.512 e. The maximum Gasteiger partial charge on any atom is 0.162 e. The molecule has 1 aliphatic rings. The summed E-state index contributed by atoms with van der Waals surface area (Å²) in [6.45, 7) is 0. The van der Waals surface area contributed by atoms with Gasteiger partial charge in [-0.05, 0) is 18.6 Å². The molecular weight excluding hydrogens is 116 g/mol. The van der Waals surface area contributed by atoms with Gasteiger partial charge >= 0.3 is 0 Å². The van der Waals surface area contributed by atoms with Crippen molar-refractivity contribution in [1.29, 1.82) is 0 Å². The Bertz CT molecular complexity index is 177. The highest BCUT2D eigenvalue weighted by Gasteiger charge is 2.02. The van der Waals surface area contributed by atoms with Gasteiger partial charge in [-0.25, -0.2) is 0 Å². The van der Waals surface area contributed by atoms with Gasteiger partial charge in [0.15, 0.2) is 5.78 Å². The van der Waals surface area contributed by atoms with Crippen LogP contribution in [0.25, 0.3) is 0 Å². The van der Waals surface area contributed by atoms with Crippen molar-refractivity contribution in [3.05, 3.63) is 24.0 Å². The zero-order valence-electron chi connectivity index (χ0n) is 5.00. The van der Waals surface area contributed by atoms with Crippen LogP contribution in [0, 0.1) is 0 Å². The third-order valence-electron chi connectivity index (χ3n) is 1.15. The summed E-state index contributed by atoms with van der Waals surface area (Å²) < 4.78 is 0. The third kappa shape index (κ3) is 1.72. The summed E-state index contributed by atoms with van der Waals surface area (Å²) in [5.41, 5.74) is 0. The zero-order chi connectivity index (χ0) is 6.69. The minimum absolute atomic E-state index is 0.0266. The van der Waals surface area contributed by atoms with Crippen LogP contribution in [-0.2, 0) is 4.79 Å². The lowest BCUT2D eigenvalue weighted by atomic mass is 10.2. The molecule has 1 N–H and O–H groups in total. The molecule has 0 atom stereocenters. The smallest absolute Gasteiger partial charge is 0.162 e. The van der Waals surface area contributed by atoms with Gasteiger partial charge in [-0.2, -0.15) is 0 Å². The monoisotopic (exact) mass is 124 g/mol. The van der Waals surface area contributed by atoms with Crippen molar-refractivity contribution in [1.82, 2.24) is 0 Å². The van der Waals surface area contributed by atoms with Crippen LogP contribution in [0.3, 0.4) is 0 Å². The molecule has 0 saturated heterocycles. The quantitative estimate of drug-likeness (QED) is 0.529. The molecule has 2 heteroatoms. The van der Waals surface area contributed by atoms with Crippen LogP contribution in [0.4, 0.5) is 0 Å². The second-order valence-corrected chi connectivity index (χ2v) is 1.98. The molecule has 1 aliphatic carbocycles. The number of aliphatic hydroxyl groups excluding tert-OH is 1. The lowest BCUT2D eigenvalue weighted by Crippen LogP contribution is -1.92. The lowest BCUT2D eigenvalue weighted by molar-refractivity contribution is -0.114. The van der Waals surface area contributed by atoms with E-state index in [2.05, 4.69) is 0 Å². The van der Waals surface area contributed by atoms with E-state index in [0.29, 0.717) is 6.42 Å². The van der Waals surface area contributed by atoms with E-state index in [4.69, 9.17) is 5.11 Å². The van der Waals surface area contributed by atoms with Crippen molar-refractivity contribution in [2.75, 3.05) is 0 Å². The maximum absolute atomic E-state index is 10.6. The van der Waals surface area contributed by atoms with Crippen molar-refractivity contribution in [3.63, 3.8) is 0 Å². The molecule has 2 nitrogen and oxygen atoms in total. The van der Waals surface area contributed by atoms with Crippen molar-refractivity contribution in [3.8, 4) is 0 Å². The Hall–Kier alpha value is -1.05. The summed E-state index contributed by atoms with van der Waals surface area (Å²) in [5, 5.41) is 8.86. The normalized spacial score (nSPS) is 19.1. The first-order valence-corrected chi connectivity index (χ1v) is 2.86. The summed E-state index contributed by atoms with van der Waals surface area (Å²) in [7, 11) is 0. The number of hydrogen-bond acceptors (Lipinski definition) is 2. The predicted octanol–water partition coefficient (Wildman–Crippen LogP) is 1.35. The lowest BCUT2D eigenvalue weighted by Gasteiger charge is -1.89. The summed E-state index contributed by atoms with van der Waals surface area (Å²) in [6.07, 6.45) is 5.71. The first kappa shape index (κ1) is 6.08. The van der Waals surface area contributed by atoms with Gasteiger partial charge in [-0.3, -0.25) is 4.79 Å². The Kier molecular flexibility index (Phi) is 1.68. The van der Waals surface area contributed by atoms with Crippen LogP contribution >= 0.6 is 0 Å². The average Bonchev–Trinajstić information content (AvgIpc) is 1.93. The van der Waals surface area contributed by atoms with E-state index in [1.54, 1.807) is 12.2 Å². The molecule has 0 amide bonds. The van der Waals surface area contributed by atoms with Crippen molar-refractivity contribution < 1.29 is 9.90 Å². The minimum Gasteiger partial charge on any atom is -0.512 e. The number of carbonyl (C=O) groups excluding carboxylic acids is 1. The van der Waals surface area contributed by atoms with E-state index in [-0.39, 0.29) is 18.0 Å². The van der Waals surface area contributed by atoms with E-state index < -0.39 is 0 Å². The Labute approximate surface area is 53.5 Å². The fourth-order valence-electron chi connectivity index (χ4n) is 0.713. The molecule has 0 radical (unpaired) electrons. The average molecular weight is 124 g/mol. The summed E-state index contributed by atoms with van der Waals surface area (Å²) in [6, 6.07) is 0. The van der Waals surface area contributed by atoms with E-state index in [9.17, 15) is 4.79 Å². The Balaban J connectivity index is 2.69. The van der Waals surface area contributed by atoms with Crippen molar-refractivity contribution >= 4 is 5.78 Å². The van der Waals surface area contributed by atoms with Gasteiger partial charge in [0, 0.05) is 0 Å². The molecule has 0 aromatic carbocycles. The number of allylic oxidation sites excluding steroid dienone is 4. The van der Waals surface area contributed by atoms with Gasteiger partial charge in [0.1, 0.15) is 0 Å². The summed E-state index contributed by atoms with van der Waals surface area (Å²) in [4.78, 5) is 10.6. The summed E-state index contributed by atoms with van der Waals surface area (Å²) >= 11 is 0. The molecule has 0 aromatic heterocycles. The van der Waals surface area contributed by atoms with Crippen molar-refractivity contribution in [2.45, 2.75) is 12.8 Å². The fraction of sp³-hybridized carbons (Fsp3) is 0.286. The molecule has 1 rings (SSSR count).